The molecule has 0 aliphatic rings. The van der Waals surface area contributed by atoms with Crippen LogP contribution in [0, 0.1) is 5.92 Å². The van der Waals surface area contributed by atoms with Crippen molar-refractivity contribution < 1.29 is 4.74 Å². The summed E-state index contributed by atoms with van der Waals surface area (Å²) in [6.07, 6.45) is 5.36. The van der Waals surface area contributed by atoms with Gasteiger partial charge >= 0.3 is 0 Å². The van der Waals surface area contributed by atoms with Crippen molar-refractivity contribution in [2.75, 3.05) is 6.61 Å². The maximum absolute atomic E-state index is 5.97. The van der Waals surface area contributed by atoms with Gasteiger partial charge in [-0.05, 0) is 29.7 Å². The first kappa shape index (κ1) is 13.9. The van der Waals surface area contributed by atoms with E-state index in [-0.39, 0.29) is 0 Å². The molecule has 0 saturated carbocycles. The quantitative estimate of drug-likeness (QED) is 0.730. The van der Waals surface area contributed by atoms with Crippen LogP contribution in [0.1, 0.15) is 13.8 Å². The van der Waals surface area contributed by atoms with Crippen LogP contribution in [0.2, 0.25) is 5.15 Å². The van der Waals surface area contributed by atoms with E-state index >= 15 is 0 Å². The molecule has 0 aliphatic heterocycles. The molecule has 3 rings (SSSR count). The van der Waals surface area contributed by atoms with E-state index in [1.807, 2.05) is 24.4 Å². The van der Waals surface area contributed by atoms with Gasteiger partial charge in [-0.3, -0.25) is 0 Å². The Morgan fingerprint density at radius 3 is 2.90 bits per heavy atom. The zero-order valence-electron chi connectivity index (χ0n) is 11.9. The fourth-order valence-electron chi connectivity index (χ4n) is 2.13. The van der Waals surface area contributed by atoms with Crippen LogP contribution < -0.4 is 4.74 Å². The lowest BCUT2D eigenvalue weighted by atomic mass is 10.1. The van der Waals surface area contributed by atoms with Crippen LogP contribution in [0.15, 0.2) is 36.8 Å². The van der Waals surface area contributed by atoms with Crippen molar-refractivity contribution in [1.29, 1.82) is 0 Å². The van der Waals surface area contributed by atoms with Gasteiger partial charge in [0.1, 0.15) is 16.5 Å². The lowest BCUT2D eigenvalue weighted by Crippen LogP contribution is -2.04. The number of nitrogens with one attached hydrogen (secondary N) is 1. The van der Waals surface area contributed by atoms with Crippen LogP contribution in [-0.4, -0.2) is 21.6 Å². The molecule has 0 amide bonds. The van der Waals surface area contributed by atoms with Gasteiger partial charge in [0.05, 0.1) is 12.8 Å². The van der Waals surface area contributed by atoms with Gasteiger partial charge in [-0.25, -0.2) is 9.97 Å². The van der Waals surface area contributed by atoms with Crippen LogP contribution in [0.25, 0.3) is 22.2 Å². The van der Waals surface area contributed by atoms with Crippen LogP contribution in [0.4, 0.5) is 0 Å². The molecule has 0 aromatic carbocycles. The van der Waals surface area contributed by atoms with E-state index in [1.54, 1.807) is 12.4 Å². The fraction of sp³-hybridized carbons (Fsp3) is 0.250. The van der Waals surface area contributed by atoms with Crippen molar-refractivity contribution in [1.82, 2.24) is 15.0 Å². The van der Waals surface area contributed by atoms with E-state index in [9.17, 15) is 0 Å². The molecule has 0 spiro atoms. The minimum absolute atomic E-state index is 0.474. The van der Waals surface area contributed by atoms with E-state index in [2.05, 4.69) is 28.8 Å². The van der Waals surface area contributed by atoms with Crippen LogP contribution in [-0.2, 0) is 0 Å². The molecule has 0 atom stereocenters. The third-order valence-corrected chi connectivity index (χ3v) is 3.33. The summed E-state index contributed by atoms with van der Waals surface area (Å²) in [5.74, 6) is 1.25. The molecule has 0 bridgehead atoms. The highest BCUT2D eigenvalue weighted by Crippen LogP contribution is 2.30. The first-order chi connectivity index (χ1) is 10.1. The number of fused-ring (bicyclic) bond motifs is 1. The summed E-state index contributed by atoms with van der Waals surface area (Å²) in [6.45, 7) is 4.91. The topological polar surface area (TPSA) is 50.8 Å². The third kappa shape index (κ3) is 3.00. The lowest BCUT2D eigenvalue weighted by molar-refractivity contribution is 0.270. The molecule has 3 heterocycles. The van der Waals surface area contributed by atoms with E-state index < -0.39 is 0 Å². The van der Waals surface area contributed by atoms with Crippen LogP contribution in [0.3, 0.4) is 0 Å². The highest BCUT2D eigenvalue weighted by atomic mass is 35.5. The van der Waals surface area contributed by atoms with Gasteiger partial charge in [0.15, 0.2) is 0 Å². The van der Waals surface area contributed by atoms with Gasteiger partial charge in [-0.2, -0.15) is 0 Å². The number of halogens is 1. The minimum atomic E-state index is 0.474. The third-order valence-electron chi connectivity index (χ3n) is 3.13. The van der Waals surface area contributed by atoms with E-state index in [0.29, 0.717) is 17.7 Å². The number of ether oxygens (including phenoxy) is 1. The molecule has 0 aliphatic carbocycles. The molecule has 3 aromatic rings. The number of hydrogen-bond donors (Lipinski definition) is 1. The normalized spacial score (nSPS) is 11.2. The van der Waals surface area contributed by atoms with Crippen LogP contribution in [0.5, 0.6) is 5.75 Å². The number of rotatable bonds is 4. The summed E-state index contributed by atoms with van der Waals surface area (Å²) in [6, 6.07) is 5.77. The summed E-state index contributed by atoms with van der Waals surface area (Å²) in [7, 11) is 0. The Hall–Kier alpha value is -2.07. The van der Waals surface area contributed by atoms with Crippen molar-refractivity contribution in [2.24, 2.45) is 5.92 Å². The molecule has 21 heavy (non-hydrogen) atoms. The molecule has 5 heteroatoms. The van der Waals surface area contributed by atoms with Gasteiger partial charge in [-0.15, -0.1) is 0 Å². The number of H-pyrrole nitrogens is 1. The number of aromatic nitrogens is 3. The first-order valence-corrected chi connectivity index (χ1v) is 7.23. The minimum Gasteiger partial charge on any atom is -0.492 e. The monoisotopic (exact) mass is 301 g/mol. The zero-order valence-corrected chi connectivity index (χ0v) is 12.7. The molecular weight excluding hydrogens is 286 g/mol. The van der Waals surface area contributed by atoms with Crippen molar-refractivity contribution in [3.05, 3.63) is 41.9 Å². The summed E-state index contributed by atoms with van der Waals surface area (Å²) in [5, 5.41) is 1.49. The Labute approximate surface area is 128 Å². The van der Waals surface area contributed by atoms with Crippen molar-refractivity contribution in [2.45, 2.75) is 13.8 Å². The van der Waals surface area contributed by atoms with Gasteiger partial charge in [-0.1, -0.05) is 25.4 Å². The second-order valence-electron chi connectivity index (χ2n) is 5.34. The molecular formula is C16H16ClN3O. The standard InChI is InChI=1S/C16H16ClN3O/c1-10(2)9-21-12-6-13-14(8-20-16(13)19-7-12)11-3-4-18-15(17)5-11/h3-8,10H,9H2,1-2H3,(H,19,20). The SMILES string of the molecule is CC(C)COc1cnc2[nH]cc(-c3ccnc(Cl)c3)c2c1. The van der Waals surface area contributed by atoms with E-state index in [4.69, 9.17) is 16.3 Å². The molecule has 0 unspecified atom stereocenters. The number of pyridine rings is 2. The van der Waals surface area contributed by atoms with Crippen molar-refractivity contribution in [3.63, 3.8) is 0 Å². The van der Waals surface area contributed by atoms with Crippen LogP contribution >= 0.6 is 11.6 Å². The highest BCUT2D eigenvalue weighted by molar-refractivity contribution is 6.29. The Morgan fingerprint density at radius 2 is 2.14 bits per heavy atom. The Kier molecular flexibility index (Phi) is 3.80. The number of nitrogens with zero attached hydrogens (tertiary/aromatic N) is 2. The average Bonchev–Trinajstić information content (AvgIpc) is 2.88. The maximum Gasteiger partial charge on any atom is 0.138 e. The zero-order chi connectivity index (χ0) is 14.8. The van der Waals surface area contributed by atoms with Gasteiger partial charge in [0, 0.05) is 23.3 Å². The molecule has 0 radical (unpaired) electrons. The molecule has 1 N–H and O–H groups in total. The van der Waals surface area contributed by atoms with Gasteiger partial charge in [0.2, 0.25) is 0 Å². The predicted molar refractivity (Wildman–Crippen MR) is 84.7 cm³/mol. The molecule has 108 valence electrons. The second-order valence-corrected chi connectivity index (χ2v) is 5.73. The smallest absolute Gasteiger partial charge is 0.138 e. The summed E-state index contributed by atoms with van der Waals surface area (Å²) in [4.78, 5) is 11.6. The average molecular weight is 302 g/mol. The molecule has 0 saturated heterocycles. The molecule has 0 fully saturated rings. The van der Waals surface area contributed by atoms with E-state index in [0.717, 1.165) is 27.9 Å². The summed E-state index contributed by atoms with van der Waals surface area (Å²) in [5.41, 5.74) is 2.87. The van der Waals surface area contributed by atoms with Crippen molar-refractivity contribution >= 4 is 22.6 Å². The van der Waals surface area contributed by atoms with Gasteiger partial charge < -0.3 is 9.72 Å². The predicted octanol–water partition coefficient (Wildman–Crippen LogP) is 4.31. The highest BCUT2D eigenvalue weighted by Gasteiger charge is 2.09. The summed E-state index contributed by atoms with van der Waals surface area (Å²) < 4.78 is 5.74. The van der Waals surface area contributed by atoms with Crippen molar-refractivity contribution in [3.8, 4) is 16.9 Å². The molecule has 4 nitrogen and oxygen atoms in total. The first-order valence-electron chi connectivity index (χ1n) is 6.85. The largest absolute Gasteiger partial charge is 0.492 e. The lowest BCUT2D eigenvalue weighted by Gasteiger charge is -2.08. The number of hydrogen-bond acceptors (Lipinski definition) is 3. The Balaban J connectivity index is 2.01. The Morgan fingerprint density at radius 1 is 1.29 bits per heavy atom. The van der Waals surface area contributed by atoms with E-state index in [1.165, 1.54) is 0 Å². The fourth-order valence-corrected chi connectivity index (χ4v) is 2.31. The summed E-state index contributed by atoms with van der Waals surface area (Å²) >= 11 is 5.97. The maximum atomic E-state index is 5.97. The number of aromatic amines is 1. The Bertz CT molecular complexity index is 767. The molecule has 3 aromatic heterocycles. The van der Waals surface area contributed by atoms with Gasteiger partial charge in [0.25, 0.3) is 0 Å². The second kappa shape index (κ2) is 5.74.